The summed E-state index contributed by atoms with van der Waals surface area (Å²) in [6.07, 6.45) is 0. The Balaban J connectivity index is 2.24. The first-order chi connectivity index (χ1) is 9.44. The fourth-order valence-electron chi connectivity index (χ4n) is 1.80. The third kappa shape index (κ3) is 2.51. The molecule has 1 aliphatic heterocycles. The number of para-hydroxylation sites is 1. The van der Waals surface area contributed by atoms with Crippen molar-refractivity contribution in [2.75, 3.05) is 0 Å². The molecule has 0 N–H and O–H groups in total. The Morgan fingerprint density at radius 1 is 1.10 bits per heavy atom. The summed E-state index contributed by atoms with van der Waals surface area (Å²) in [5.74, 6) is 0. The molecule has 0 saturated heterocycles. The van der Waals surface area contributed by atoms with E-state index in [1.165, 1.54) is 23.5 Å². The van der Waals surface area contributed by atoms with Crippen LogP contribution in [0.4, 0.5) is 13.2 Å². The second-order valence-electron chi connectivity index (χ2n) is 3.97. The highest BCUT2D eigenvalue weighted by molar-refractivity contribution is 8.00. The SMILES string of the molecule is O=c1c(SC(F)(F)F)ccc2sc3ccccc3nc1-2. The lowest BCUT2D eigenvalue weighted by atomic mass is 10.2. The zero-order valence-corrected chi connectivity index (χ0v) is 11.4. The Kier molecular flexibility index (Phi) is 3.18. The van der Waals surface area contributed by atoms with Gasteiger partial charge in [-0.25, -0.2) is 4.98 Å². The van der Waals surface area contributed by atoms with E-state index in [9.17, 15) is 18.0 Å². The number of aromatic nitrogens is 1. The van der Waals surface area contributed by atoms with Gasteiger partial charge in [-0.2, -0.15) is 13.2 Å². The fraction of sp³-hybridized carbons (Fsp3) is 0.0769. The molecule has 0 saturated carbocycles. The van der Waals surface area contributed by atoms with Crippen LogP contribution in [0.5, 0.6) is 0 Å². The minimum Gasteiger partial charge on any atom is -0.286 e. The van der Waals surface area contributed by atoms with Crippen molar-refractivity contribution in [3.05, 3.63) is 46.6 Å². The van der Waals surface area contributed by atoms with Crippen molar-refractivity contribution < 1.29 is 13.2 Å². The van der Waals surface area contributed by atoms with Crippen LogP contribution in [-0.2, 0) is 0 Å². The Bertz CT molecular complexity index is 813. The molecular weight excluding hydrogens is 307 g/mol. The van der Waals surface area contributed by atoms with E-state index < -0.39 is 22.7 Å². The smallest absolute Gasteiger partial charge is 0.286 e. The summed E-state index contributed by atoms with van der Waals surface area (Å²) in [6.45, 7) is 0. The molecule has 1 heterocycles. The van der Waals surface area contributed by atoms with E-state index >= 15 is 0 Å². The van der Waals surface area contributed by atoms with Gasteiger partial charge in [-0.3, -0.25) is 4.79 Å². The van der Waals surface area contributed by atoms with Gasteiger partial charge in [-0.15, -0.1) is 11.3 Å². The highest BCUT2D eigenvalue weighted by Crippen LogP contribution is 2.37. The lowest BCUT2D eigenvalue weighted by molar-refractivity contribution is -0.0328. The van der Waals surface area contributed by atoms with Crippen LogP contribution in [0.25, 0.3) is 20.8 Å². The summed E-state index contributed by atoms with van der Waals surface area (Å²) in [5.41, 5.74) is -4.46. The average Bonchev–Trinajstić information content (AvgIpc) is 2.39. The summed E-state index contributed by atoms with van der Waals surface area (Å²) in [5, 5.41) is 0. The van der Waals surface area contributed by atoms with Crippen molar-refractivity contribution in [3.8, 4) is 10.6 Å². The van der Waals surface area contributed by atoms with Gasteiger partial charge in [0.05, 0.1) is 20.0 Å². The van der Waals surface area contributed by atoms with Gasteiger partial charge in [0.2, 0.25) is 5.43 Å². The lowest BCUT2D eigenvalue weighted by Gasteiger charge is -2.09. The fourth-order valence-corrected chi connectivity index (χ4v) is 3.35. The van der Waals surface area contributed by atoms with Crippen LogP contribution >= 0.6 is 23.1 Å². The first-order valence-corrected chi connectivity index (χ1v) is 7.16. The molecule has 20 heavy (non-hydrogen) atoms. The summed E-state index contributed by atoms with van der Waals surface area (Å²) >= 11 is 0.939. The molecular formula is C13H6F3NOS2. The zero-order chi connectivity index (χ0) is 14.3. The van der Waals surface area contributed by atoms with Crippen LogP contribution in [0.15, 0.2) is 46.1 Å². The van der Waals surface area contributed by atoms with Crippen LogP contribution in [0.3, 0.4) is 0 Å². The van der Waals surface area contributed by atoms with Crippen LogP contribution in [0.1, 0.15) is 0 Å². The molecule has 102 valence electrons. The largest absolute Gasteiger partial charge is 0.446 e. The van der Waals surface area contributed by atoms with Crippen LogP contribution in [0.2, 0.25) is 0 Å². The van der Waals surface area contributed by atoms with Gasteiger partial charge in [0.25, 0.3) is 0 Å². The Morgan fingerprint density at radius 3 is 2.60 bits per heavy atom. The maximum Gasteiger partial charge on any atom is 0.446 e. The highest BCUT2D eigenvalue weighted by atomic mass is 32.2. The molecule has 2 nitrogen and oxygen atoms in total. The van der Waals surface area contributed by atoms with Crippen LogP contribution in [-0.4, -0.2) is 10.5 Å². The minimum atomic E-state index is -4.48. The second kappa shape index (κ2) is 4.75. The molecule has 3 rings (SSSR count). The Morgan fingerprint density at radius 2 is 1.85 bits per heavy atom. The summed E-state index contributed by atoms with van der Waals surface area (Å²) < 4.78 is 38.0. The maximum absolute atomic E-state index is 12.4. The number of benzene rings is 2. The molecule has 7 heteroatoms. The molecule has 0 fully saturated rings. The van der Waals surface area contributed by atoms with Crippen molar-refractivity contribution in [2.24, 2.45) is 0 Å². The molecule has 0 unspecified atom stereocenters. The quantitative estimate of drug-likeness (QED) is 0.493. The normalized spacial score (nSPS) is 12.2. The van der Waals surface area contributed by atoms with E-state index in [0.29, 0.717) is 10.4 Å². The Hall–Kier alpha value is -1.60. The molecule has 1 aromatic carbocycles. The van der Waals surface area contributed by atoms with E-state index in [-0.39, 0.29) is 10.6 Å². The Labute approximate surface area is 119 Å². The van der Waals surface area contributed by atoms with Gasteiger partial charge in [-0.05, 0) is 36.0 Å². The van der Waals surface area contributed by atoms with Crippen LogP contribution < -0.4 is 5.43 Å². The minimum absolute atomic E-state index is 0.0861. The maximum atomic E-state index is 12.4. The van der Waals surface area contributed by atoms with Crippen molar-refractivity contribution in [1.29, 1.82) is 0 Å². The number of nitrogens with zero attached hydrogens (tertiary/aromatic N) is 1. The third-order valence-corrected chi connectivity index (χ3v) is 4.49. The van der Waals surface area contributed by atoms with Gasteiger partial charge in [0, 0.05) is 0 Å². The van der Waals surface area contributed by atoms with E-state index in [4.69, 9.17) is 0 Å². The molecule has 2 aliphatic rings. The van der Waals surface area contributed by atoms with Gasteiger partial charge in [-0.1, -0.05) is 12.1 Å². The lowest BCUT2D eigenvalue weighted by Crippen LogP contribution is -2.12. The van der Waals surface area contributed by atoms with Gasteiger partial charge in [0.15, 0.2) is 0 Å². The molecule has 1 aromatic rings. The predicted octanol–water partition coefficient (Wildman–Crippen LogP) is 4.37. The average molecular weight is 313 g/mol. The number of hydrogen-bond acceptors (Lipinski definition) is 4. The first-order valence-electron chi connectivity index (χ1n) is 5.52. The number of hydrogen-bond donors (Lipinski definition) is 0. The van der Waals surface area contributed by atoms with Crippen molar-refractivity contribution in [3.63, 3.8) is 0 Å². The van der Waals surface area contributed by atoms with Gasteiger partial charge >= 0.3 is 5.51 Å². The summed E-state index contributed by atoms with van der Waals surface area (Å²) in [7, 11) is 0. The van der Waals surface area contributed by atoms with E-state index in [1.807, 2.05) is 12.1 Å². The summed E-state index contributed by atoms with van der Waals surface area (Å²) in [4.78, 5) is 16.5. The van der Waals surface area contributed by atoms with Gasteiger partial charge in [0.1, 0.15) is 5.69 Å². The number of rotatable bonds is 1. The topological polar surface area (TPSA) is 30.0 Å². The van der Waals surface area contributed by atoms with Crippen molar-refractivity contribution in [2.45, 2.75) is 10.4 Å². The molecule has 0 radical (unpaired) electrons. The predicted molar refractivity (Wildman–Crippen MR) is 74.4 cm³/mol. The number of thioether (sulfide) groups is 1. The molecule has 0 atom stereocenters. The van der Waals surface area contributed by atoms with E-state index in [0.717, 1.165) is 4.70 Å². The molecule has 1 aliphatic carbocycles. The van der Waals surface area contributed by atoms with Crippen molar-refractivity contribution in [1.82, 2.24) is 4.98 Å². The van der Waals surface area contributed by atoms with Crippen molar-refractivity contribution >= 4 is 33.3 Å². The van der Waals surface area contributed by atoms with E-state index in [1.54, 1.807) is 12.1 Å². The first kappa shape index (κ1) is 13.4. The highest BCUT2D eigenvalue weighted by Gasteiger charge is 2.31. The molecule has 0 spiro atoms. The standard InChI is InChI=1S/C13H6F3NOS2/c14-13(15,16)20-10-6-5-9-11(12(10)18)17-7-3-1-2-4-8(7)19-9/h1-6H. The third-order valence-electron chi connectivity index (χ3n) is 2.60. The van der Waals surface area contributed by atoms with Crippen LogP contribution in [0, 0.1) is 0 Å². The number of alkyl halides is 3. The molecule has 0 amide bonds. The second-order valence-corrected chi connectivity index (χ2v) is 6.16. The molecule has 0 aromatic heterocycles. The van der Waals surface area contributed by atoms with E-state index in [2.05, 4.69) is 4.98 Å². The molecule has 0 bridgehead atoms. The number of fused-ring (bicyclic) bond motifs is 2. The van der Waals surface area contributed by atoms with Gasteiger partial charge < -0.3 is 0 Å². The number of halogens is 3. The summed E-state index contributed by atoms with van der Waals surface area (Å²) in [6, 6.07) is 9.92. The monoisotopic (exact) mass is 313 g/mol. The zero-order valence-electron chi connectivity index (χ0n) is 9.77.